The van der Waals surface area contributed by atoms with Gasteiger partial charge in [0, 0.05) is 5.03 Å². The Balaban J connectivity index is 4.20. The van der Waals surface area contributed by atoms with Crippen molar-refractivity contribution in [3.63, 3.8) is 0 Å². The summed E-state index contributed by atoms with van der Waals surface area (Å²) in [6.07, 6.45) is 2.12. The molecule has 1 nitrogen and oxygen atoms in total. The van der Waals surface area contributed by atoms with Crippen LogP contribution in [0.25, 0.3) is 0 Å². The Bertz CT molecular complexity index is 136. The highest BCUT2D eigenvalue weighted by Gasteiger charge is 2.18. The number of hydrogen-bond acceptors (Lipinski definition) is 0. The van der Waals surface area contributed by atoms with Gasteiger partial charge in [0.2, 0.25) is 0 Å². The van der Waals surface area contributed by atoms with Gasteiger partial charge in [-0.05, 0) is 33.8 Å². The Morgan fingerprint density at radius 3 is 1.83 bits per heavy atom. The zero-order valence-corrected chi connectivity index (χ0v) is 9.49. The fourth-order valence-corrected chi connectivity index (χ4v) is 1.45. The second-order valence-electron chi connectivity index (χ2n) is 3.26. The topological polar surface area (TPSA) is 0 Å². The standard InChI is InChI=1S/C10H21ClN/c1-5-12(6-2,7-3)9-8-10(4)11/h8H,5-7,9H2,1-4H3/q+1/b10-8+. The van der Waals surface area contributed by atoms with E-state index in [1.54, 1.807) is 0 Å². The highest BCUT2D eigenvalue weighted by atomic mass is 35.5. The summed E-state index contributed by atoms with van der Waals surface area (Å²) >= 11 is 5.81. The van der Waals surface area contributed by atoms with E-state index in [2.05, 4.69) is 26.8 Å². The third-order valence-corrected chi connectivity index (χ3v) is 2.93. The number of allylic oxidation sites excluding steroid dienone is 1. The highest BCUT2D eigenvalue weighted by molar-refractivity contribution is 6.29. The lowest BCUT2D eigenvalue weighted by Gasteiger charge is -2.34. The van der Waals surface area contributed by atoms with Crippen LogP contribution in [0.4, 0.5) is 0 Å². The van der Waals surface area contributed by atoms with Gasteiger partial charge >= 0.3 is 0 Å². The van der Waals surface area contributed by atoms with E-state index in [-0.39, 0.29) is 0 Å². The molecule has 72 valence electrons. The van der Waals surface area contributed by atoms with Crippen LogP contribution in [0.2, 0.25) is 0 Å². The molecule has 0 saturated heterocycles. The van der Waals surface area contributed by atoms with Crippen molar-refractivity contribution < 1.29 is 4.48 Å². The molecule has 12 heavy (non-hydrogen) atoms. The molecule has 0 aromatic carbocycles. The van der Waals surface area contributed by atoms with Gasteiger partial charge in [-0.15, -0.1) is 0 Å². The summed E-state index contributed by atoms with van der Waals surface area (Å²) in [4.78, 5) is 0. The van der Waals surface area contributed by atoms with E-state index in [1.807, 2.05) is 6.92 Å². The SMILES string of the molecule is CC[N+](CC)(CC)C/C=C(\C)Cl. The number of hydrogen-bond donors (Lipinski definition) is 0. The van der Waals surface area contributed by atoms with E-state index in [4.69, 9.17) is 11.6 Å². The molecule has 0 aromatic rings. The number of halogens is 1. The van der Waals surface area contributed by atoms with Gasteiger partial charge in [0.25, 0.3) is 0 Å². The second-order valence-corrected chi connectivity index (χ2v) is 3.86. The molecular weight excluding hydrogens is 170 g/mol. The van der Waals surface area contributed by atoms with Crippen LogP contribution in [0.15, 0.2) is 11.1 Å². The third kappa shape index (κ3) is 3.59. The van der Waals surface area contributed by atoms with Gasteiger partial charge in [-0.1, -0.05) is 11.6 Å². The summed E-state index contributed by atoms with van der Waals surface area (Å²) in [6, 6.07) is 0. The molecule has 0 amide bonds. The average molecular weight is 191 g/mol. The molecule has 0 saturated carbocycles. The van der Waals surface area contributed by atoms with Crippen LogP contribution in [0.1, 0.15) is 27.7 Å². The first-order chi connectivity index (χ1) is 5.60. The summed E-state index contributed by atoms with van der Waals surface area (Å²) in [6.45, 7) is 13.3. The molecule has 0 spiro atoms. The molecule has 0 atom stereocenters. The van der Waals surface area contributed by atoms with Gasteiger partial charge in [0.1, 0.15) is 0 Å². The lowest BCUT2D eigenvalue weighted by molar-refractivity contribution is -0.917. The minimum Gasteiger partial charge on any atom is -0.321 e. The molecule has 0 aromatic heterocycles. The van der Waals surface area contributed by atoms with Crippen LogP contribution in [0, 0.1) is 0 Å². The average Bonchev–Trinajstić information content (AvgIpc) is 2.08. The maximum absolute atomic E-state index is 5.81. The van der Waals surface area contributed by atoms with Crippen molar-refractivity contribution in [1.29, 1.82) is 0 Å². The van der Waals surface area contributed by atoms with Gasteiger partial charge in [-0.3, -0.25) is 0 Å². The Hall–Kier alpha value is -0.0100. The minimum atomic E-state index is 0.910. The molecule has 0 aliphatic carbocycles. The molecule has 0 aliphatic rings. The Kier molecular flexibility index (Phi) is 5.60. The maximum Gasteiger partial charge on any atom is 0.0987 e. The quantitative estimate of drug-likeness (QED) is 0.585. The maximum atomic E-state index is 5.81. The first-order valence-corrected chi connectivity index (χ1v) is 5.15. The lowest BCUT2D eigenvalue weighted by Crippen LogP contribution is -2.47. The van der Waals surface area contributed by atoms with E-state index in [0.29, 0.717) is 0 Å². The summed E-state index contributed by atoms with van der Waals surface area (Å²) < 4.78 is 1.14. The molecule has 0 aliphatic heterocycles. The molecule has 0 N–H and O–H groups in total. The molecule has 0 bridgehead atoms. The summed E-state index contributed by atoms with van der Waals surface area (Å²) in [7, 11) is 0. The summed E-state index contributed by atoms with van der Waals surface area (Å²) in [5, 5.41) is 0.910. The van der Waals surface area contributed by atoms with E-state index in [1.165, 1.54) is 19.6 Å². The molecule has 0 unspecified atom stereocenters. The smallest absolute Gasteiger partial charge is 0.0987 e. The Labute approximate surface area is 81.6 Å². The van der Waals surface area contributed by atoms with Gasteiger partial charge in [0.15, 0.2) is 0 Å². The summed E-state index contributed by atoms with van der Waals surface area (Å²) in [5.41, 5.74) is 0. The van der Waals surface area contributed by atoms with E-state index in [0.717, 1.165) is 16.1 Å². The Morgan fingerprint density at radius 1 is 1.17 bits per heavy atom. The van der Waals surface area contributed by atoms with Gasteiger partial charge < -0.3 is 4.48 Å². The van der Waals surface area contributed by atoms with Crippen LogP contribution < -0.4 is 0 Å². The van der Waals surface area contributed by atoms with Gasteiger partial charge in [-0.25, -0.2) is 0 Å². The normalized spacial score (nSPS) is 13.6. The van der Waals surface area contributed by atoms with Crippen LogP contribution in [0.3, 0.4) is 0 Å². The zero-order chi connectivity index (χ0) is 9.61. The Morgan fingerprint density at radius 2 is 1.58 bits per heavy atom. The first kappa shape index (κ1) is 12.0. The van der Waals surface area contributed by atoms with Crippen molar-refractivity contribution in [3.8, 4) is 0 Å². The van der Waals surface area contributed by atoms with E-state index in [9.17, 15) is 0 Å². The fourth-order valence-electron chi connectivity index (χ4n) is 1.38. The predicted molar refractivity (Wildman–Crippen MR) is 56.4 cm³/mol. The first-order valence-electron chi connectivity index (χ1n) is 4.77. The van der Waals surface area contributed by atoms with E-state index < -0.39 is 0 Å². The van der Waals surface area contributed by atoms with Crippen molar-refractivity contribution in [1.82, 2.24) is 0 Å². The van der Waals surface area contributed by atoms with Crippen LogP contribution >= 0.6 is 11.6 Å². The predicted octanol–water partition coefficient (Wildman–Crippen LogP) is 3.01. The van der Waals surface area contributed by atoms with Crippen LogP contribution in [0.5, 0.6) is 0 Å². The number of likely N-dealkylation sites (N-methyl/N-ethyl adjacent to an activating group) is 1. The molecule has 2 heteroatoms. The van der Waals surface area contributed by atoms with Crippen molar-refractivity contribution in [2.75, 3.05) is 26.2 Å². The van der Waals surface area contributed by atoms with E-state index >= 15 is 0 Å². The van der Waals surface area contributed by atoms with Crippen molar-refractivity contribution in [2.45, 2.75) is 27.7 Å². The monoisotopic (exact) mass is 190 g/mol. The zero-order valence-electron chi connectivity index (χ0n) is 8.73. The van der Waals surface area contributed by atoms with Gasteiger partial charge in [0.05, 0.1) is 26.2 Å². The number of nitrogens with zero attached hydrogens (tertiary/aromatic N) is 1. The van der Waals surface area contributed by atoms with Crippen LogP contribution in [-0.2, 0) is 0 Å². The lowest BCUT2D eigenvalue weighted by atomic mass is 10.3. The van der Waals surface area contributed by atoms with Gasteiger partial charge in [-0.2, -0.15) is 0 Å². The highest BCUT2D eigenvalue weighted by Crippen LogP contribution is 2.08. The molecule has 0 heterocycles. The fraction of sp³-hybridized carbons (Fsp3) is 0.800. The third-order valence-electron chi connectivity index (χ3n) is 2.77. The van der Waals surface area contributed by atoms with Crippen molar-refractivity contribution in [2.24, 2.45) is 0 Å². The number of quaternary nitrogens is 1. The second kappa shape index (κ2) is 5.60. The largest absolute Gasteiger partial charge is 0.321 e. The molecule has 0 rings (SSSR count). The molecule has 0 radical (unpaired) electrons. The number of rotatable bonds is 5. The van der Waals surface area contributed by atoms with Crippen molar-refractivity contribution >= 4 is 11.6 Å². The van der Waals surface area contributed by atoms with Crippen molar-refractivity contribution in [3.05, 3.63) is 11.1 Å². The van der Waals surface area contributed by atoms with Crippen LogP contribution in [-0.4, -0.2) is 30.7 Å². The summed E-state index contributed by atoms with van der Waals surface area (Å²) in [5.74, 6) is 0. The molecule has 0 fully saturated rings. The molecular formula is C10H21ClN+. The minimum absolute atomic E-state index is 0.910.